The van der Waals surface area contributed by atoms with Gasteiger partial charge in [0.05, 0.1) is 19.8 Å². The van der Waals surface area contributed by atoms with Gasteiger partial charge in [-0.25, -0.2) is 0 Å². The minimum Gasteiger partial charge on any atom is -0.626 e. The quantitative estimate of drug-likeness (QED) is 0.347. The van der Waals surface area contributed by atoms with Crippen LogP contribution in [0.4, 0.5) is 11.4 Å². The summed E-state index contributed by atoms with van der Waals surface area (Å²) >= 11 is 0. The molecule has 4 heterocycles. The molecule has 6 rings (SSSR count). The molecule has 4 unspecified atom stereocenters. The highest BCUT2D eigenvalue weighted by Crippen LogP contribution is 2.51. The lowest BCUT2D eigenvalue weighted by molar-refractivity contribution is -0.117. The maximum atomic E-state index is 14.5. The molecule has 4 saturated heterocycles. The average molecular weight is 453 g/mol. The monoisotopic (exact) mass is 452 g/mol. The van der Waals surface area contributed by atoms with Crippen LogP contribution in [0.1, 0.15) is 25.7 Å². The van der Waals surface area contributed by atoms with Gasteiger partial charge in [0.15, 0.2) is 5.66 Å². The number of hydrogen-bond acceptors (Lipinski definition) is 6. The molecule has 0 N–H and O–H groups in total. The highest BCUT2D eigenvalue weighted by Gasteiger charge is 2.60. The van der Waals surface area contributed by atoms with Gasteiger partial charge in [-0.05, 0) is 36.4 Å². The zero-order chi connectivity index (χ0) is 22.5. The van der Waals surface area contributed by atoms with E-state index in [-0.39, 0.29) is 18.1 Å². The third-order valence-electron chi connectivity index (χ3n) is 7.15. The molecule has 4 aliphatic rings. The van der Waals surface area contributed by atoms with Crippen LogP contribution in [0.2, 0.25) is 0 Å². The molecule has 2 aromatic carbocycles. The number of ether oxygens (including phenoxy) is 4. The van der Waals surface area contributed by atoms with E-state index >= 15 is 0 Å². The predicted octanol–water partition coefficient (Wildman–Crippen LogP) is 3.36. The zero-order valence-electron chi connectivity index (χ0n) is 18.5. The van der Waals surface area contributed by atoms with Gasteiger partial charge in [-0.1, -0.05) is 0 Å². The van der Waals surface area contributed by atoms with Crippen molar-refractivity contribution >= 4 is 17.3 Å². The fourth-order valence-electron chi connectivity index (χ4n) is 5.25. The fourth-order valence-corrected chi connectivity index (χ4v) is 5.25. The Morgan fingerprint density at radius 1 is 0.939 bits per heavy atom. The van der Waals surface area contributed by atoms with Crippen molar-refractivity contribution in [3.63, 3.8) is 0 Å². The minimum atomic E-state index is -0.828. The third-order valence-corrected chi connectivity index (χ3v) is 7.15. The van der Waals surface area contributed by atoms with Crippen LogP contribution >= 0.6 is 0 Å². The molecule has 0 aromatic heterocycles. The number of amides is 1. The van der Waals surface area contributed by atoms with E-state index in [1.165, 1.54) is 0 Å². The molecule has 174 valence electrons. The van der Waals surface area contributed by atoms with Gasteiger partial charge in [-0.15, -0.1) is 0 Å². The molecule has 1 amide bonds. The summed E-state index contributed by atoms with van der Waals surface area (Å²) in [7, 11) is 0. The summed E-state index contributed by atoms with van der Waals surface area (Å²) in [5.41, 5.74) is 0.578. The third kappa shape index (κ3) is 3.77. The van der Waals surface area contributed by atoms with E-state index in [1.54, 1.807) is 4.90 Å². The van der Waals surface area contributed by atoms with Crippen molar-refractivity contribution in [3.8, 4) is 11.5 Å². The number of anilines is 1. The molecule has 8 heteroatoms. The largest absolute Gasteiger partial charge is 0.626 e. The van der Waals surface area contributed by atoms with Crippen molar-refractivity contribution < 1.29 is 23.7 Å². The van der Waals surface area contributed by atoms with E-state index in [9.17, 15) is 10.0 Å². The second-order valence-electron chi connectivity index (χ2n) is 9.30. The van der Waals surface area contributed by atoms with Gasteiger partial charge in [-0.3, -0.25) is 9.69 Å². The molecule has 0 saturated carbocycles. The second kappa shape index (κ2) is 7.99. The van der Waals surface area contributed by atoms with Gasteiger partial charge in [0.2, 0.25) is 5.91 Å². The molecule has 0 bridgehead atoms. The summed E-state index contributed by atoms with van der Waals surface area (Å²) < 4.78 is 21.3. The van der Waals surface area contributed by atoms with Crippen molar-refractivity contribution in [2.75, 3.05) is 37.9 Å². The van der Waals surface area contributed by atoms with Gasteiger partial charge < -0.3 is 28.8 Å². The second-order valence-corrected chi connectivity index (χ2v) is 9.30. The number of hydroxylamine groups is 2. The van der Waals surface area contributed by atoms with E-state index in [0.717, 1.165) is 36.8 Å². The van der Waals surface area contributed by atoms with Gasteiger partial charge in [0.1, 0.15) is 42.6 Å². The Morgan fingerprint density at radius 3 is 2.09 bits per heavy atom. The number of nitrogens with zero attached hydrogens (tertiary/aromatic N) is 2. The van der Waals surface area contributed by atoms with Gasteiger partial charge in [0, 0.05) is 43.5 Å². The molecule has 4 aliphatic heterocycles. The molecule has 1 spiro atoms. The number of hydrogen-bond donors (Lipinski definition) is 0. The van der Waals surface area contributed by atoms with Crippen LogP contribution in [0.3, 0.4) is 0 Å². The van der Waals surface area contributed by atoms with Crippen molar-refractivity contribution in [2.24, 2.45) is 0 Å². The van der Waals surface area contributed by atoms with Gasteiger partial charge in [-0.2, -0.15) is 0 Å². The predicted molar refractivity (Wildman–Crippen MR) is 122 cm³/mol. The molecule has 4 atom stereocenters. The Hall–Kier alpha value is -2.65. The van der Waals surface area contributed by atoms with E-state index in [0.29, 0.717) is 44.7 Å². The van der Waals surface area contributed by atoms with E-state index in [1.807, 2.05) is 48.5 Å². The van der Waals surface area contributed by atoms with E-state index in [2.05, 4.69) is 0 Å². The Morgan fingerprint density at radius 2 is 1.52 bits per heavy atom. The number of carbonyl (C=O) groups is 1. The number of epoxide rings is 2. The van der Waals surface area contributed by atoms with Crippen molar-refractivity contribution in [2.45, 2.75) is 43.6 Å². The van der Waals surface area contributed by atoms with Gasteiger partial charge in [0.25, 0.3) is 0 Å². The van der Waals surface area contributed by atoms with Crippen LogP contribution in [0.25, 0.3) is 0 Å². The van der Waals surface area contributed by atoms with Gasteiger partial charge >= 0.3 is 0 Å². The molecule has 0 aliphatic carbocycles. The van der Waals surface area contributed by atoms with Crippen LogP contribution in [0.15, 0.2) is 48.5 Å². The lowest BCUT2D eigenvalue weighted by atomic mass is 10.0. The van der Waals surface area contributed by atoms with Crippen molar-refractivity contribution in [1.82, 2.24) is 4.65 Å². The zero-order valence-corrected chi connectivity index (χ0v) is 18.5. The summed E-state index contributed by atoms with van der Waals surface area (Å²) in [6, 6.07) is 14.9. The topological polar surface area (TPSA) is 86.9 Å². The molecular weight excluding hydrogens is 424 g/mol. The highest BCUT2D eigenvalue weighted by atomic mass is 16.6. The van der Waals surface area contributed by atoms with Crippen molar-refractivity contribution in [1.29, 1.82) is 0 Å². The Bertz CT molecular complexity index is 1020. The number of rotatable bonds is 8. The highest BCUT2D eigenvalue weighted by molar-refractivity contribution is 5.98. The summed E-state index contributed by atoms with van der Waals surface area (Å²) in [6.07, 6.45) is 2.74. The molecule has 4 fully saturated rings. The minimum absolute atomic E-state index is 0.000291. The van der Waals surface area contributed by atoms with Crippen LogP contribution < -0.4 is 19.0 Å². The first-order valence-corrected chi connectivity index (χ1v) is 11.7. The first-order chi connectivity index (χ1) is 16.1. The number of benzene rings is 2. The Balaban J connectivity index is 1.26. The smallest absolute Gasteiger partial charge is 0.232 e. The fraction of sp³-hybridized carbons (Fsp3) is 0.480. The lowest BCUT2D eigenvalue weighted by Gasteiger charge is -2.53. The molecule has 0 radical (unpaired) electrons. The summed E-state index contributed by atoms with van der Waals surface area (Å²) in [4.78, 5) is 14.8. The van der Waals surface area contributed by atoms with Crippen molar-refractivity contribution in [3.05, 3.63) is 53.7 Å². The standard InChI is InChI=1S/C25H28N2O6/c28-24-10-12-25(26(24)18-2-6-20(7-3-18)30-14-22-16-32-22)11-1-13-27(25,29)19-4-8-21(9-5-19)31-15-23-17-33-23/h2-9,22-23H,1,10-17H2. The summed E-state index contributed by atoms with van der Waals surface area (Å²) in [6.45, 7) is 2.99. The maximum absolute atomic E-state index is 14.5. The summed E-state index contributed by atoms with van der Waals surface area (Å²) in [5.74, 6) is 1.46. The van der Waals surface area contributed by atoms with Crippen LogP contribution in [0, 0.1) is 5.21 Å². The lowest BCUT2D eigenvalue weighted by Crippen LogP contribution is -2.65. The Labute approximate surface area is 192 Å². The first-order valence-electron chi connectivity index (χ1n) is 11.7. The van der Waals surface area contributed by atoms with E-state index < -0.39 is 10.3 Å². The molecule has 33 heavy (non-hydrogen) atoms. The summed E-state index contributed by atoms with van der Waals surface area (Å²) in [5, 5.41) is 14.5. The number of quaternary nitrogens is 1. The molecular formula is C25H28N2O6. The van der Waals surface area contributed by atoms with Crippen LogP contribution in [-0.4, -0.2) is 56.8 Å². The maximum Gasteiger partial charge on any atom is 0.232 e. The van der Waals surface area contributed by atoms with E-state index in [4.69, 9.17) is 18.9 Å². The SMILES string of the molecule is O=C1CCC2(CCC[N+]2([O-])c2ccc(OCC3CO3)cc2)N1c1ccc(OCC2CO2)cc1. The normalized spacial score (nSPS) is 32.4. The Kier molecular flexibility index (Phi) is 5.06. The number of carbonyl (C=O) groups excluding carboxylic acids is 1. The van der Waals surface area contributed by atoms with Crippen LogP contribution in [-0.2, 0) is 14.3 Å². The average Bonchev–Trinajstić information content (AvgIpc) is 3.76. The molecule has 8 nitrogen and oxygen atoms in total. The molecule has 2 aromatic rings. The first kappa shape index (κ1) is 20.9. The van der Waals surface area contributed by atoms with Crippen LogP contribution in [0.5, 0.6) is 11.5 Å².